The Morgan fingerprint density at radius 1 is 0.875 bits per heavy atom. The van der Waals surface area contributed by atoms with Crippen LogP contribution in [-0.2, 0) is 15.0 Å². The lowest BCUT2D eigenvalue weighted by atomic mass is 9.67. The zero-order valence-electron chi connectivity index (χ0n) is 16.7. The average Bonchev–Trinajstić information content (AvgIpc) is 3.03. The molecule has 2 aliphatic heterocycles. The average molecular weight is 475 g/mol. The highest BCUT2D eigenvalue weighted by atomic mass is 35.5. The van der Waals surface area contributed by atoms with Gasteiger partial charge in [0.1, 0.15) is 5.41 Å². The maximum Gasteiger partial charge on any atom is 0.237 e. The van der Waals surface area contributed by atoms with Crippen LogP contribution in [0.3, 0.4) is 0 Å². The third-order valence-corrected chi connectivity index (χ3v) is 6.16. The fourth-order valence-electron chi connectivity index (χ4n) is 4.19. The van der Waals surface area contributed by atoms with Crippen LogP contribution in [0, 0.1) is 11.6 Å². The summed E-state index contributed by atoms with van der Waals surface area (Å²) >= 11 is 11.5. The molecule has 4 nitrogen and oxygen atoms in total. The number of nitrogens with one attached hydrogen (secondary N) is 2. The SMILES string of the molecule is Clc1ccccc1.O=C1CC[C@]2(C(=O)Nc3cc(Cl)ccc32)[C@@H](c2ccc(F)c(F)c2)N1. The summed E-state index contributed by atoms with van der Waals surface area (Å²) in [6, 6.07) is 17.1. The Labute approximate surface area is 193 Å². The highest BCUT2D eigenvalue weighted by Crippen LogP contribution is 2.51. The lowest BCUT2D eigenvalue weighted by Gasteiger charge is -2.40. The van der Waals surface area contributed by atoms with Crippen LogP contribution in [0.25, 0.3) is 0 Å². The van der Waals surface area contributed by atoms with Gasteiger partial charge in [-0.2, -0.15) is 0 Å². The van der Waals surface area contributed by atoms with E-state index in [0.29, 0.717) is 21.8 Å². The van der Waals surface area contributed by atoms with Gasteiger partial charge in [0.25, 0.3) is 0 Å². The summed E-state index contributed by atoms with van der Waals surface area (Å²) in [5.74, 6) is -2.54. The van der Waals surface area contributed by atoms with Crippen molar-refractivity contribution in [3.8, 4) is 0 Å². The van der Waals surface area contributed by atoms with Crippen LogP contribution < -0.4 is 10.6 Å². The number of amides is 2. The number of hydrogen-bond donors (Lipinski definition) is 2. The molecule has 2 N–H and O–H groups in total. The molecule has 2 aliphatic rings. The Hall–Kier alpha value is -2.96. The van der Waals surface area contributed by atoms with Gasteiger partial charge < -0.3 is 10.6 Å². The molecule has 164 valence electrons. The molecule has 0 unspecified atom stereocenters. The predicted molar refractivity (Wildman–Crippen MR) is 120 cm³/mol. The van der Waals surface area contributed by atoms with Crippen molar-refractivity contribution >= 4 is 40.7 Å². The van der Waals surface area contributed by atoms with Gasteiger partial charge in [-0.25, -0.2) is 8.78 Å². The van der Waals surface area contributed by atoms with Crippen LogP contribution >= 0.6 is 23.2 Å². The summed E-state index contributed by atoms with van der Waals surface area (Å²) in [4.78, 5) is 24.9. The number of carbonyl (C=O) groups excluding carboxylic acids is 2. The maximum absolute atomic E-state index is 13.7. The second-order valence-corrected chi connectivity index (χ2v) is 8.46. The Bertz CT molecular complexity index is 1190. The van der Waals surface area contributed by atoms with Gasteiger partial charge in [0.15, 0.2) is 11.6 Å². The van der Waals surface area contributed by atoms with E-state index in [9.17, 15) is 18.4 Å². The molecule has 0 radical (unpaired) electrons. The van der Waals surface area contributed by atoms with Gasteiger partial charge in [0, 0.05) is 22.2 Å². The molecular formula is C24H18Cl2F2N2O2. The normalized spacial score (nSPS) is 21.3. The van der Waals surface area contributed by atoms with Crippen LogP contribution in [0.15, 0.2) is 66.7 Å². The van der Waals surface area contributed by atoms with E-state index in [4.69, 9.17) is 23.2 Å². The second kappa shape index (κ2) is 8.88. The molecule has 0 aliphatic carbocycles. The first-order valence-electron chi connectivity index (χ1n) is 9.87. The molecule has 32 heavy (non-hydrogen) atoms. The third-order valence-electron chi connectivity index (χ3n) is 5.67. The molecule has 1 fully saturated rings. The fourth-order valence-corrected chi connectivity index (χ4v) is 4.50. The lowest BCUT2D eigenvalue weighted by Crippen LogP contribution is -2.52. The maximum atomic E-state index is 13.7. The van der Waals surface area contributed by atoms with E-state index in [1.807, 2.05) is 30.3 Å². The first-order valence-corrected chi connectivity index (χ1v) is 10.6. The molecule has 0 saturated carbocycles. The number of benzene rings is 3. The lowest BCUT2D eigenvalue weighted by molar-refractivity contribution is -0.130. The third kappa shape index (κ3) is 4.08. The number of rotatable bonds is 1. The van der Waals surface area contributed by atoms with Crippen LogP contribution in [0.5, 0.6) is 0 Å². The van der Waals surface area contributed by atoms with Crippen molar-refractivity contribution in [2.45, 2.75) is 24.3 Å². The zero-order chi connectivity index (χ0) is 22.9. The number of halogens is 4. The smallest absolute Gasteiger partial charge is 0.237 e. The van der Waals surface area contributed by atoms with Crippen molar-refractivity contribution < 1.29 is 18.4 Å². The standard InChI is InChI=1S/C18H13ClF2N2O2.C6H5Cl/c19-10-2-3-11-14(8-10)22-17(25)18(11)6-5-15(24)23-16(18)9-1-4-12(20)13(21)7-9;7-6-4-2-1-3-5-6/h1-4,7-8,16H,5-6H2,(H,22,25)(H,23,24);1-5H/t16-,18-;/m1./s1. The minimum Gasteiger partial charge on any atom is -0.348 e. The van der Waals surface area contributed by atoms with E-state index in [2.05, 4.69) is 10.6 Å². The summed E-state index contributed by atoms with van der Waals surface area (Å²) in [5, 5.41) is 6.84. The van der Waals surface area contributed by atoms with E-state index < -0.39 is 23.1 Å². The van der Waals surface area contributed by atoms with E-state index in [1.165, 1.54) is 6.07 Å². The van der Waals surface area contributed by atoms with Crippen molar-refractivity contribution in [3.63, 3.8) is 0 Å². The quantitative estimate of drug-likeness (QED) is 0.468. The molecule has 0 bridgehead atoms. The van der Waals surface area contributed by atoms with Crippen molar-refractivity contribution in [2.24, 2.45) is 0 Å². The van der Waals surface area contributed by atoms with E-state index in [-0.39, 0.29) is 24.7 Å². The van der Waals surface area contributed by atoms with Crippen molar-refractivity contribution in [1.29, 1.82) is 0 Å². The Kier molecular flexibility index (Phi) is 6.17. The molecule has 2 atom stereocenters. The molecule has 0 aromatic heterocycles. The summed E-state index contributed by atoms with van der Waals surface area (Å²) in [6.45, 7) is 0. The fraction of sp³-hybridized carbons (Fsp3) is 0.167. The number of hydrogen-bond acceptors (Lipinski definition) is 2. The Morgan fingerprint density at radius 3 is 2.28 bits per heavy atom. The van der Waals surface area contributed by atoms with Gasteiger partial charge in [0.2, 0.25) is 11.8 Å². The topological polar surface area (TPSA) is 58.2 Å². The molecule has 8 heteroatoms. The Balaban J connectivity index is 0.000000300. The first kappa shape index (κ1) is 22.2. The van der Waals surface area contributed by atoms with Crippen LogP contribution in [0.2, 0.25) is 10.0 Å². The van der Waals surface area contributed by atoms with E-state index in [0.717, 1.165) is 17.2 Å². The van der Waals surface area contributed by atoms with Gasteiger partial charge in [-0.1, -0.05) is 53.5 Å². The van der Waals surface area contributed by atoms with Crippen molar-refractivity contribution in [3.05, 3.63) is 99.5 Å². The monoisotopic (exact) mass is 474 g/mol. The van der Waals surface area contributed by atoms with Crippen LogP contribution in [0.4, 0.5) is 14.5 Å². The van der Waals surface area contributed by atoms with Gasteiger partial charge in [-0.05, 0) is 53.9 Å². The van der Waals surface area contributed by atoms with Crippen molar-refractivity contribution in [2.75, 3.05) is 5.32 Å². The Morgan fingerprint density at radius 2 is 1.62 bits per heavy atom. The van der Waals surface area contributed by atoms with E-state index >= 15 is 0 Å². The number of anilines is 1. The van der Waals surface area contributed by atoms with Crippen molar-refractivity contribution in [1.82, 2.24) is 5.32 Å². The molecule has 2 heterocycles. The van der Waals surface area contributed by atoms with Crippen LogP contribution in [0.1, 0.15) is 30.0 Å². The highest BCUT2D eigenvalue weighted by molar-refractivity contribution is 6.31. The molecule has 1 saturated heterocycles. The van der Waals surface area contributed by atoms with Gasteiger partial charge >= 0.3 is 0 Å². The largest absolute Gasteiger partial charge is 0.348 e. The molecule has 5 rings (SSSR count). The zero-order valence-corrected chi connectivity index (χ0v) is 18.2. The number of piperidine rings is 1. The summed E-state index contributed by atoms with van der Waals surface area (Å²) < 4.78 is 27.1. The minimum absolute atomic E-state index is 0.162. The van der Waals surface area contributed by atoms with Gasteiger partial charge in [0.05, 0.1) is 6.04 Å². The molecule has 1 spiro atoms. The molecular weight excluding hydrogens is 457 g/mol. The highest BCUT2D eigenvalue weighted by Gasteiger charge is 2.55. The predicted octanol–water partition coefficient (Wildman–Crippen LogP) is 5.80. The molecule has 3 aromatic carbocycles. The molecule has 2 amide bonds. The van der Waals surface area contributed by atoms with Crippen LogP contribution in [-0.4, -0.2) is 11.8 Å². The van der Waals surface area contributed by atoms with Gasteiger partial charge in [-0.3, -0.25) is 9.59 Å². The number of fused-ring (bicyclic) bond motifs is 2. The summed E-state index contributed by atoms with van der Waals surface area (Å²) in [7, 11) is 0. The van der Waals surface area contributed by atoms with Gasteiger partial charge in [-0.15, -0.1) is 0 Å². The van der Waals surface area contributed by atoms with E-state index in [1.54, 1.807) is 18.2 Å². The number of carbonyl (C=O) groups is 2. The summed E-state index contributed by atoms with van der Waals surface area (Å²) in [5.41, 5.74) is 0.515. The second-order valence-electron chi connectivity index (χ2n) is 7.59. The first-order chi connectivity index (χ1) is 15.3. The minimum atomic E-state index is -1.09. The summed E-state index contributed by atoms with van der Waals surface area (Å²) in [6.07, 6.45) is 0.429. The molecule has 3 aromatic rings.